The van der Waals surface area contributed by atoms with Gasteiger partial charge in [-0.05, 0) is 54.1 Å². The third-order valence-electron chi connectivity index (χ3n) is 2.93. The molecule has 1 heterocycles. The summed E-state index contributed by atoms with van der Waals surface area (Å²) in [5.74, 6) is -0.249. The van der Waals surface area contributed by atoms with Gasteiger partial charge in [-0.2, -0.15) is 0 Å². The molecule has 0 aliphatic carbocycles. The summed E-state index contributed by atoms with van der Waals surface area (Å²) in [5, 5.41) is 12.1. The van der Waals surface area contributed by atoms with E-state index in [9.17, 15) is 9.50 Å². The van der Waals surface area contributed by atoms with Crippen molar-refractivity contribution in [1.82, 2.24) is 0 Å². The largest absolute Gasteiger partial charge is 0.387 e. The fourth-order valence-electron chi connectivity index (χ4n) is 1.89. The summed E-state index contributed by atoms with van der Waals surface area (Å²) in [6.45, 7) is 3.91. The SMILES string of the molecule is Cc1ccc(F)cc1CC(O)c1sccc1C. The van der Waals surface area contributed by atoms with Crippen molar-refractivity contribution in [3.63, 3.8) is 0 Å². The Bertz CT molecular complexity index is 519. The monoisotopic (exact) mass is 250 g/mol. The lowest BCUT2D eigenvalue weighted by Crippen LogP contribution is -2.03. The van der Waals surface area contributed by atoms with E-state index in [1.807, 2.05) is 25.3 Å². The predicted molar refractivity (Wildman–Crippen MR) is 68.9 cm³/mol. The van der Waals surface area contributed by atoms with Gasteiger partial charge < -0.3 is 5.11 Å². The second kappa shape index (κ2) is 4.98. The molecule has 0 aliphatic rings. The molecule has 0 bridgehead atoms. The third kappa shape index (κ3) is 2.73. The fraction of sp³-hybridized carbons (Fsp3) is 0.286. The van der Waals surface area contributed by atoms with E-state index in [2.05, 4.69) is 0 Å². The van der Waals surface area contributed by atoms with Gasteiger partial charge in [0.15, 0.2) is 0 Å². The Labute approximate surface area is 105 Å². The molecule has 1 unspecified atom stereocenters. The lowest BCUT2D eigenvalue weighted by Gasteiger charge is -2.12. The lowest BCUT2D eigenvalue weighted by atomic mass is 10.0. The van der Waals surface area contributed by atoms with E-state index in [-0.39, 0.29) is 5.82 Å². The van der Waals surface area contributed by atoms with Crippen LogP contribution in [-0.4, -0.2) is 5.11 Å². The maximum absolute atomic E-state index is 13.1. The summed E-state index contributed by atoms with van der Waals surface area (Å²) in [6, 6.07) is 6.68. The summed E-state index contributed by atoms with van der Waals surface area (Å²) in [7, 11) is 0. The summed E-state index contributed by atoms with van der Waals surface area (Å²) in [4.78, 5) is 0.966. The molecule has 0 aliphatic heterocycles. The molecule has 0 saturated heterocycles. The third-order valence-corrected chi connectivity index (χ3v) is 4.05. The van der Waals surface area contributed by atoms with Gasteiger partial charge in [-0.15, -0.1) is 11.3 Å². The summed E-state index contributed by atoms with van der Waals surface area (Å²) in [6.07, 6.45) is -0.0826. The van der Waals surface area contributed by atoms with Crippen LogP contribution in [0.3, 0.4) is 0 Å². The Hall–Kier alpha value is -1.19. The minimum Gasteiger partial charge on any atom is -0.387 e. The molecule has 1 aromatic heterocycles. The molecular formula is C14H15FOS. The van der Waals surface area contributed by atoms with Crippen LogP contribution in [0.5, 0.6) is 0 Å². The van der Waals surface area contributed by atoms with Gasteiger partial charge in [-0.1, -0.05) is 6.07 Å². The van der Waals surface area contributed by atoms with Crippen molar-refractivity contribution in [2.75, 3.05) is 0 Å². The highest BCUT2D eigenvalue weighted by Gasteiger charge is 2.14. The van der Waals surface area contributed by atoms with E-state index in [0.717, 1.165) is 21.6 Å². The zero-order valence-corrected chi connectivity index (χ0v) is 10.7. The highest BCUT2D eigenvalue weighted by atomic mass is 32.1. The van der Waals surface area contributed by atoms with Crippen molar-refractivity contribution in [2.45, 2.75) is 26.4 Å². The first-order chi connectivity index (χ1) is 8.08. The molecule has 2 rings (SSSR count). The number of benzene rings is 1. The van der Waals surface area contributed by atoms with Crippen LogP contribution in [0.2, 0.25) is 0 Å². The molecule has 17 heavy (non-hydrogen) atoms. The maximum atomic E-state index is 13.1. The molecule has 1 aromatic carbocycles. The molecule has 3 heteroatoms. The van der Waals surface area contributed by atoms with Crippen LogP contribution in [0.15, 0.2) is 29.6 Å². The zero-order chi connectivity index (χ0) is 12.4. The Kier molecular flexibility index (Phi) is 3.60. The van der Waals surface area contributed by atoms with Gasteiger partial charge in [0, 0.05) is 11.3 Å². The molecule has 1 N–H and O–H groups in total. The van der Waals surface area contributed by atoms with Crippen LogP contribution in [-0.2, 0) is 6.42 Å². The molecule has 90 valence electrons. The maximum Gasteiger partial charge on any atom is 0.123 e. The Morgan fingerprint density at radius 3 is 2.65 bits per heavy atom. The van der Waals surface area contributed by atoms with E-state index >= 15 is 0 Å². The highest BCUT2D eigenvalue weighted by molar-refractivity contribution is 7.10. The van der Waals surface area contributed by atoms with Gasteiger partial charge in [0.1, 0.15) is 5.82 Å². The summed E-state index contributed by atoms with van der Waals surface area (Å²) < 4.78 is 13.1. The molecule has 0 saturated carbocycles. The van der Waals surface area contributed by atoms with Gasteiger partial charge in [0.05, 0.1) is 6.10 Å². The van der Waals surface area contributed by atoms with Crippen LogP contribution in [0.1, 0.15) is 27.7 Å². The molecular weight excluding hydrogens is 235 g/mol. The van der Waals surface area contributed by atoms with Crippen molar-refractivity contribution < 1.29 is 9.50 Å². The molecule has 1 atom stereocenters. The lowest BCUT2D eigenvalue weighted by molar-refractivity contribution is 0.181. The Morgan fingerprint density at radius 1 is 1.24 bits per heavy atom. The normalized spacial score (nSPS) is 12.7. The van der Waals surface area contributed by atoms with Gasteiger partial charge in [-0.3, -0.25) is 0 Å². The standard InChI is InChI=1S/C14H15FOS/c1-9-3-4-12(15)7-11(9)8-13(16)14-10(2)5-6-17-14/h3-7,13,16H,8H2,1-2H3. The van der Waals surface area contributed by atoms with E-state index in [0.29, 0.717) is 6.42 Å². The fourth-order valence-corrected chi connectivity index (χ4v) is 2.80. The Balaban J connectivity index is 2.21. The number of aryl methyl sites for hydroxylation is 2. The van der Waals surface area contributed by atoms with Gasteiger partial charge >= 0.3 is 0 Å². The number of halogens is 1. The number of thiophene rings is 1. The van der Waals surface area contributed by atoms with Crippen molar-refractivity contribution in [3.05, 3.63) is 57.0 Å². The van der Waals surface area contributed by atoms with Crippen molar-refractivity contribution in [2.24, 2.45) is 0 Å². The highest BCUT2D eigenvalue weighted by Crippen LogP contribution is 2.27. The molecule has 1 nitrogen and oxygen atoms in total. The average Bonchev–Trinajstić information content (AvgIpc) is 2.70. The summed E-state index contributed by atoms with van der Waals surface area (Å²) >= 11 is 1.54. The predicted octanol–water partition coefficient (Wildman–Crippen LogP) is 3.78. The van der Waals surface area contributed by atoms with E-state index in [4.69, 9.17) is 0 Å². The number of rotatable bonds is 3. The molecule has 0 amide bonds. The number of hydrogen-bond donors (Lipinski definition) is 1. The minimum atomic E-state index is -0.546. The molecule has 2 aromatic rings. The van der Waals surface area contributed by atoms with Gasteiger partial charge in [0.25, 0.3) is 0 Å². The van der Waals surface area contributed by atoms with Crippen LogP contribution in [0.4, 0.5) is 4.39 Å². The molecule has 0 fully saturated rings. The van der Waals surface area contributed by atoms with Gasteiger partial charge in [-0.25, -0.2) is 4.39 Å². The van der Waals surface area contributed by atoms with Crippen LogP contribution < -0.4 is 0 Å². The molecule has 0 radical (unpaired) electrons. The van der Waals surface area contributed by atoms with Crippen LogP contribution in [0.25, 0.3) is 0 Å². The van der Waals surface area contributed by atoms with E-state index < -0.39 is 6.10 Å². The van der Waals surface area contributed by atoms with Crippen LogP contribution in [0, 0.1) is 19.7 Å². The Morgan fingerprint density at radius 2 is 2.00 bits per heavy atom. The van der Waals surface area contributed by atoms with E-state index in [1.54, 1.807) is 17.4 Å². The number of aliphatic hydroxyl groups is 1. The van der Waals surface area contributed by atoms with E-state index in [1.165, 1.54) is 12.1 Å². The first kappa shape index (κ1) is 12.3. The smallest absolute Gasteiger partial charge is 0.123 e. The molecule has 0 spiro atoms. The first-order valence-corrected chi connectivity index (χ1v) is 6.43. The number of aliphatic hydroxyl groups excluding tert-OH is 1. The van der Waals surface area contributed by atoms with Gasteiger partial charge in [0.2, 0.25) is 0 Å². The second-order valence-electron chi connectivity index (χ2n) is 4.26. The number of hydrogen-bond acceptors (Lipinski definition) is 2. The zero-order valence-electron chi connectivity index (χ0n) is 9.90. The van der Waals surface area contributed by atoms with Crippen molar-refractivity contribution in [3.8, 4) is 0 Å². The average molecular weight is 250 g/mol. The van der Waals surface area contributed by atoms with Crippen molar-refractivity contribution >= 4 is 11.3 Å². The topological polar surface area (TPSA) is 20.2 Å². The summed E-state index contributed by atoms with van der Waals surface area (Å²) in [5.41, 5.74) is 2.97. The quantitative estimate of drug-likeness (QED) is 0.879. The van der Waals surface area contributed by atoms with Crippen LogP contribution >= 0.6 is 11.3 Å². The van der Waals surface area contributed by atoms with Crippen molar-refractivity contribution in [1.29, 1.82) is 0 Å². The minimum absolute atomic E-state index is 0.249. The first-order valence-electron chi connectivity index (χ1n) is 5.55. The second-order valence-corrected chi connectivity index (χ2v) is 5.21.